The van der Waals surface area contributed by atoms with Gasteiger partial charge < -0.3 is 30.2 Å². The summed E-state index contributed by atoms with van der Waals surface area (Å²) >= 11 is 1.23. The summed E-state index contributed by atoms with van der Waals surface area (Å²) in [7, 11) is 4.65. The zero-order valence-electron chi connectivity index (χ0n) is 19.9. The molecule has 0 aliphatic carbocycles. The molecule has 188 valence electrons. The highest BCUT2D eigenvalue weighted by atomic mass is 32.2. The van der Waals surface area contributed by atoms with Crippen molar-refractivity contribution < 1.29 is 28.6 Å². The Hall–Kier alpha value is -3.44. The molecule has 0 saturated carbocycles. The Balaban J connectivity index is 1.44. The summed E-state index contributed by atoms with van der Waals surface area (Å²) in [5, 5.41) is 11.7. The number of carbonyl (C=O) groups excluding carboxylic acids is 3. The summed E-state index contributed by atoms with van der Waals surface area (Å²) in [6, 6.07) is 12.2. The summed E-state index contributed by atoms with van der Waals surface area (Å²) < 4.78 is 15.6. The minimum atomic E-state index is -0.483. The van der Waals surface area contributed by atoms with Gasteiger partial charge in [-0.05, 0) is 29.8 Å². The molecule has 2 aromatic carbocycles. The normalized spacial score (nSPS) is 17.2. The Morgan fingerprint density at radius 1 is 1.03 bits per heavy atom. The topological polar surface area (TPSA) is 127 Å². The fraction of sp³-hybridized carbons (Fsp3) is 0.375. The molecule has 11 heteroatoms. The first-order chi connectivity index (χ1) is 16.9. The Bertz CT molecular complexity index is 1050. The standard InChI is InChI=1S/C24H30N4O6S/c1-32-18-6-4-5-15(9-18)13-25-21(29)11-17-12-22(30)28-24(27-17)35-14-23(31)26-16-7-8-19(33-2)20(10-16)34-3/h4-10,17,24,27H,11-14H2,1-3H3,(H,25,29)(H,26,31)(H,28,30). The number of thioether (sulfide) groups is 1. The number of methoxy groups -OCH3 is 3. The van der Waals surface area contributed by atoms with E-state index in [0.717, 1.165) is 11.3 Å². The number of benzene rings is 2. The summed E-state index contributed by atoms with van der Waals surface area (Å²) in [6.45, 7) is 0.365. The van der Waals surface area contributed by atoms with E-state index in [-0.39, 0.29) is 42.4 Å². The van der Waals surface area contributed by atoms with Gasteiger partial charge >= 0.3 is 0 Å². The van der Waals surface area contributed by atoms with Crippen LogP contribution in [0.15, 0.2) is 42.5 Å². The number of hydrogen-bond donors (Lipinski definition) is 4. The molecule has 1 heterocycles. The molecule has 2 aromatic rings. The zero-order valence-corrected chi connectivity index (χ0v) is 20.7. The van der Waals surface area contributed by atoms with Crippen LogP contribution in [0.4, 0.5) is 5.69 Å². The average molecular weight is 503 g/mol. The maximum atomic E-state index is 12.4. The van der Waals surface area contributed by atoms with E-state index in [0.29, 0.717) is 23.7 Å². The molecule has 0 aromatic heterocycles. The predicted octanol–water partition coefficient (Wildman–Crippen LogP) is 1.85. The van der Waals surface area contributed by atoms with Crippen LogP contribution in [0, 0.1) is 0 Å². The molecule has 35 heavy (non-hydrogen) atoms. The molecular formula is C24H30N4O6S. The van der Waals surface area contributed by atoms with Crippen molar-refractivity contribution in [2.45, 2.75) is 30.9 Å². The minimum absolute atomic E-state index is 0.0983. The zero-order chi connectivity index (χ0) is 25.2. The fourth-order valence-electron chi connectivity index (χ4n) is 3.51. The van der Waals surface area contributed by atoms with Crippen molar-refractivity contribution in [2.75, 3.05) is 32.4 Å². The van der Waals surface area contributed by atoms with Gasteiger partial charge in [0.05, 0.1) is 27.1 Å². The van der Waals surface area contributed by atoms with Gasteiger partial charge in [-0.15, -0.1) is 11.8 Å². The highest BCUT2D eigenvalue weighted by Crippen LogP contribution is 2.29. The van der Waals surface area contributed by atoms with Crippen LogP contribution in [0.2, 0.25) is 0 Å². The number of anilines is 1. The van der Waals surface area contributed by atoms with Crippen molar-refractivity contribution >= 4 is 35.2 Å². The van der Waals surface area contributed by atoms with E-state index >= 15 is 0 Å². The van der Waals surface area contributed by atoms with Crippen LogP contribution in [0.1, 0.15) is 18.4 Å². The van der Waals surface area contributed by atoms with Crippen LogP contribution >= 0.6 is 11.8 Å². The third-order valence-corrected chi connectivity index (χ3v) is 6.23. The van der Waals surface area contributed by atoms with E-state index in [1.54, 1.807) is 25.3 Å². The van der Waals surface area contributed by atoms with Crippen molar-refractivity contribution in [3.63, 3.8) is 0 Å². The van der Waals surface area contributed by atoms with Gasteiger partial charge in [0.15, 0.2) is 11.5 Å². The Morgan fingerprint density at radius 3 is 2.57 bits per heavy atom. The third kappa shape index (κ3) is 8.08. The molecule has 4 N–H and O–H groups in total. The Labute approximate surface area is 208 Å². The Morgan fingerprint density at radius 2 is 1.83 bits per heavy atom. The van der Waals surface area contributed by atoms with Crippen molar-refractivity contribution in [3.05, 3.63) is 48.0 Å². The second-order valence-electron chi connectivity index (χ2n) is 7.78. The monoisotopic (exact) mass is 502 g/mol. The summed E-state index contributed by atoms with van der Waals surface area (Å²) in [5.74, 6) is 1.30. The van der Waals surface area contributed by atoms with Crippen LogP contribution in [-0.4, -0.2) is 56.3 Å². The largest absolute Gasteiger partial charge is 0.497 e. The van der Waals surface area contributed by atoms with Gasteiger partial charge in [0.25, 0.3) is 0 Å². The van der Waals surface area contributed by atoms with Crippen LogP contribution in [0.5, 0.6) is 17.2 Å². The van der Waals surface area contributed by atoms with Gasteiger partial charge in [-0.2, -0.15) is 0 Å². The highest BCUT2D eigenvalue weighted by molar-refractivity contribution is 8.00. The molecule has 1 aliphatic rings. The van der Waals surface area contributed by atoms with E-state index < -0.39 is 5.50 Å². The van der Waals surface area contributed by atoms with E-state index in [4.69, 9.17) is 14.2 Å². The number of rotatable bonds is 11. The highest BCUT2D eigenvalue weighted by Gasteiger charge is 2.28. The molecule has 10 nitrogen and oxygen atoms in total. The van der Waals surface area contributed by atoms with Crippen molar-refractivity contribution in [1.29, 1.82) is 0 Å². The van der Waals surface area contributed by atoms with Crippen molar-refractivity contribution in [3.8, 4) is 17.2 Å². The first-order valence-electron chi connectivity index (χ1n) is 11.0. The molecule has 0 spiro atoms. The lowest BCUT2D eigenvalue weighted by atomic mass is 10.1. The molecule has 2 atom stereocenters. The fourth-order valence-corrected chi connectivity index (χ4v) is 4.41. The molecular weight excluding hydrogens is 472 g/mol. The lowest BCUT2D eigenvalue weighted by Gasteiger charge is -2.30. The van der Waals surface area contributed by atoms with Crippen LogP contribution in [0.25, 0.3) is 0 Å². The quantitative estimate of drug-likeness (QED) is 0.367. The number of carbonyl (C=O) groups is 3. The van der Waals surface area contributed by atoms with E-state index in [2.05, 4.69) is 21.3 Å². The van der Waals surface area contributed by atoms with Gasteiger partial charge in [-0.1, -0.05) is 12.1 Å². The second-order valence-corrected chi connectivity index (χ2v) is 8.87. The van der Waals surface area contributed by atoms with Gasteiger partial charge in [0.1, 0.15) is 11.2 Å². The second kappa shape index (κ2) is 12.9. The number of ether oxygens (including phenoxy) is 3. The molecule has 0 radical (unpaired) electrons. The molecule has 1 fully saturated rings. The summed E-state index contributed by atoms with van der Waals surface area (Å²) in [5.41, 5.74) is 1.00. The van der Waals surface area contributed by atoms with Gasteiger partial charge in [-0.25, -0.2) is 0 Å². The van der Waals surface area contributed by atoms with Crippen LogP contribution < -0.4 is 35.5 Å². The van der Waals surface area contributed by atoms with Crippen molar-refractivity contribution in [2.24, 2.45) is 0 Å². The molecule has 1 saturated heterocycles. The van der Waals surface area contributed by atoms with E-state index in [1.807, 2.05) is 24.3 Å². The van der Waals surface area contributed by atoms with E-state index in [9.17, 15) is 14.4 Å². The number of amides is 3. The predicted molar refractivity (Wildman–Crippen MR) is 134 cm³/mol. The maximum absolute atomic E-state index is 12.4. The first-order valence-corrected chi connectivity index (χ1v) is 12.0. The molecule has 1 aliphatic heterocycles. The third-order valence-electron chi connectivity index (χ3n) is 5.21. The van der Waals surface area contributed by atoms with Gasteiger partial charge in [0.2, 0.25) is 17.7 Å². The van der Waals surface area contributed by atoms with E-state index in [1.165, 1.54) is 26.0 Å². The maximum Gasteiger partial charge on any atom is 0.234 e. The number of nitrogens with one attached hydrogen (secondary N) is 4. The summed E-state index contributed by atoms with van der Waals surface area (Å²) in [4.78, 5) is 37.0. The first kappa shape index (κ1) is 26.2. The van der Waals surface area contributed by atoms with Crippen LogP contribution in [0.3, 0.4) is 0 Å². The van der Waals surface area contributed by atoms with Crippen LogP contribution in [-0.2, 0) is 20.9 Å². The lowest BCUT2D eigenvalue weighted by Crippen LogP contribution is -2.56. The minimum Gasteiger partial charge on any atom is -0.497 e. The number of hydrogen-bond acceptors (Lipinski definition) is 8. The average Bonchev–Trinajstić information content (AvgIpc) is 2.86. The smallest absolute Gasteiger partial charge is 0.234 e. The van der Waals surface area contributed by atoms with Gasteiger partial charge in [-0.3, -0.25) is 19.7 Å². The molecule has 0 bridgehead atoms. The molecule has 3 amide bonds. The molecule has 2 unspecified atom stereocenters. The van der Waals surface area contributed by atoms with Gasteiger partial charge in [0, 0.05) is 37.2 Å². The SMILES string of the molecule is COc1cccc(CNC(=O)CC2CC(=O)NC(SCC(=O)Nc3ccc(OC)c(OC)c3)N2)c1. The summed E-state index contributed by atoms with van der Waals surface area (Å²) in [6.07, 6.45) is 0.327. The lowest BCUT2D eigenvalue weighted by molar-refractivity contribution is -0.125. The Kier molecular flexibility index (Phi) is 9.62. The van der Waals surface area contributed by atoms with Crippen molar-refractivity contribution in [1.82, 2.24) is 16.0 Å². The molecule has 3 rings (SSSR count).